The fraction of sp³-hybridized carbons (Fsp3) is 0.579. The second kappa shape index (κ2) is 5.66. The van der Waals surface area contributed by atoms with Crippen LogP contribution in [0.2, 0.25) is 0 Å². The van der Waals surface area contributed by atoms with E-state index < -0.39 is 11.4 Å². The number of amides is 1. The standard InChI is InChI=1S/C19H25NO3/c1-18(2,14-7-4-3-5-8-14)11-16(21)20-12-15-9-6-10-19(15,13-20)17(22)23/h3-5,7-8,15H,6,9-13H2,1-2H3,(H,22,23)/t15-,19+/m0/s1. The monoisotopic (exact) mass is 315 g/mol. The molecule has 23 heavy (non-hydrogen) atoms. The van der Waals surface area contributed by atoms with Crippen molar-refractivity contribution in [2.75, 3.05) is 13.1 Å². The van der Waals surface area contributed by atoms with Crippen molar-refractivity contribution < 1.29 is 14.7 Å². The summed E-state index contributed by atoms with van der Waals surface area (Å²) in [5.41, 5.74) is 0.208. The van der Waals surface area contributed by atoms with Crippen molar-refractivity contribution in [3.8, 4) is 0 Å². The van der Waals surface area contributed by atoms with Crippen LogP contribution < -0.4 is 0 Å². The Bertz CT molecular complexity index is 610. The lowest BCUT2D eigenvalue weighted by Crippen LogP contribution is -2.38. The minimum Gasteiger partial charge on any atom is -0.481 e. The molecule has 1 aromatic carbocycles. The van der Waals surface area contributed by atoms with Crippen LogP contribution in [0.3, 0.4) is 0 Å². The molecule has 1 N–H and O–H groups in total. The summed E-state index contributed by atoms with van der Waals surface area (Å²) < 4.78 is 0. The summed E-state index contributed by atoms with van der Waals surface area (Å²) in [4.78, 5) is 26.3. The molecule has 2 aliphatic rings. The lowest BCUT2D eigenvalue weighted by atomic mass is 9.80. The number of carboxylic acids is 1. The Morgan fingerprint density at radius 1 is 1.30 bits per heavy atom. The zero-order valence-corrected chi connectivity index (χ0v) is 13.9. The zero-order valence-electron chi connectivity index (χ0n) is 13.9. The number of likely N-dealkylation sites (tertiary alicyclic amines) is 1. The Kier molecular flexibility index (Phi) is 3.95. The summed E-state index contributed by atoms with van der Waals surface area (Å²) in [5, 5.41) is 9.65. The van der Waals surface area contributed by atoms with Gasteiger partial charge in [0.2, 0.25) is 5.91 Å². The van der Waals surface area contributed by atoms with E-state index in [4.69, 9.17) is 0 Å². The molecule has 0 unspecified atom stereocenters. The fourth-order valence-electron chi connectivity index (χ4n) is 4.31. The van der Waals surface area contributed by atoms with Gasteiger partial charge in [0.05, 0.1) is 5.41 Å². The normalized spacial score (nSPS) is 27.0. The third-order valence-corrected chi connectivity index (χ3v) is 5.80. The van der Waals surface area contributed by atoms with Crippen LogP contribution in [0, 0.1) is 11.3 Å². The molecule has 124 valence electrons. The van der Waals surface area contributed by atoms with E-state index in [0.29, 0.717) is 25.9 Å². The molecule has 1 aliphatic carbocycles. The molecule has 2 atom stereocenters. The molecule has 1 amide bonds. The number of aliphatic carboxylic acids is 1. The third-order valence-electron chi connectivity index (χ3n) is 5.80. The number of fused-ring (bicyclic) bond motifs is 1. The highest BCUT2D eigenvalue weighted by molar-refractivity contribution is 5.82. The second-order valence-corrected chi connectivity index (χ2v) is 7.75. The average molecular weight is 315 g/mol. The van der Waals surface area contributed by atoms with Gasteiger partial charge in [0.1, 0.15) is 0 Å². The van der Waals surface area contributed by atoms with Crippen LogP contribution in [0.25, 0.3) is 0 Å². The van der Waals surface area contributed by atoms with Crippen LogP contribution >= 0.6 is 0 Å². The molecule has 0 radical (unpaired) electrons. The van der Waals surface area contributed by atoms with Gasteiger partial charge in [0.25, 0.3) is 0 Å². The number of hydrogen-bond donors (Lipinski definition) is 1. The molecule has 1 aliphatic heterocycles. The number of hydrogen-bond acceptors (Lipinski definition) is 2. The predicted molar refractivity (Wildman–Crippen MR) is 88.1 cm³/mol. The minimum atomic E-state index is -0.724. The summed E-state index contributed by atoms with van der Waals surface area (Å²) in [5.74, 6) is -0.518. The fourth-order valence-corrected chi connectivity index (χ4v) is 4.31. The molecule has 4 heteroatoms. The Morgan fingerprint density at radius 3 is 2.61 bits per heavy atom. The van der Waals surface area contributed by atoms with Crippen LogP contribution in [0.4, 0.5) is 0 Å². The van der Waals surface area contributed by atoms with Crippen LogP contribution in [0.5, 0.6) is 0 Å². The summed E-state index contributed by atoms with van der Waals surface area (Å²) >= 11 is 0. The predicted octanol–water partition coefficient (Wildman–Crippen LogP) is 3.07. The van der Waals surface area contributed by atoms with Crippen molar-refractivity contribution in [3.05, 3.63) is 35.9 Å². The van der Waals surface area contributed by atoms with Gasteiger partial charge in [-0.15, -0.1) is 0 Å². The number of benzene rings is 1. The maximum Gasteiger partial charge on any atom is 0.311 e. The number of carbonyl (C=O) groups is 2. The zero-order chi connectivity index (χ0) is 16.7. The number of carboxylic acid groups (broad SMARTS) is 1. The van der Waals surface area contributed by atoms with Crippen molar-refractivity contribution in [3.63, 3.8) is 0 Å². The molecule has 0 aromatic heterocycles. The Balaban J connectivity index is 1.72. The Hall–Kier alpha value is -1.84. The van der Waals surface area contributed by atoms with Gasteiger partial charge in [0, 0.05) is 19.5 Å². The van der Waals surface area contributed by atoms with Crippen LogP contribution in [0.15, 0.2) is 30.3 Å². The number of nitrogens with zero attached hydrogens (tertiary/aromatic N) is 1. The molecule has 0 spiro atoms. The highest BCUT2D eigenvalue weighted by Gasteiger charge is 2.55. The van der Waals surface area contributed by atoms with Crippen molar-refractivity contribution in [2.24, 2.45) is 11.3 Å². The largest absolute Gasteiger partial charge is 0.481 e. The molecule has 1 aromatic rings. The smallest absolute Gasteiger partial charge is 0.311 e. The van der Waals surface area contributed by atoms with Crippen LogP contribution in [-0.2, 0) is 15.0 Å². The number of rotatable bonds is 4. The summed E-state index contributed by atoms with van der Waals surface area (Å²) in [6.45, 7) is 5.14. The van der Waals surface area contributed by atoms with Gasteiger partial charge in [0.15, 0.2) is 0 Å². The molecule has 4 nitrogen and oxygen atoms in total. The lowest BCUT2D eigenvalue weighted by Gasteiger charge is -2.28. The molecule has 1 heterocycles. The van der Waals surface area contributed by atoms with Crippen molar-refractivity contribution in [2.45, 2.75) is 44.9 Å². The first kappa shape index (κ1) is 16.0. The quantitative estimate of drug-likeness (QED) is 0.929. The van der Waals surface area contributed by atoms with Gasteiger partial charge in [-0.25, -0.2) is 0 Å². The SMILES string of the molecule is CC(C)(CC(=O)N1C[C@@H]2CCC[C@@]2(C(=O)O)C1)c1ccccc1. The van der Waals surface area contributed by atoms with E-state index in [2.05, 4.69) is 13.8 Å². The molecule has 2 fully saturated rings. The third kappa shape index (κ3) is 2.75. The van der Waals surface area contributed by atoms with E-state index in [1.807, 2.05) is 30.3 Å². The molecule has 1 saturated carbocycles. The van der Waals surface area contributed by atoms with Gasteiger partial charge in [-0.05, 0) is 29.7 Å². The van der Waals surface area contributed by atoms with E-state index in [-0.39, 0.29) is 17.2 Å². The van der Waals surface area contributed by atoms with E-state index in [9.17, 15) is 14.7 Å². The Labute approximate surface area is 137 Å². The molecular formula is C19H25NO3. The van der Waals surface area contributed by atoms with Gasteiger partial charge < -0.3 is 10.0 Å². The van der Waals surface area contributed by atoms with Crippen LogP contribution in [-0.4, -0.2) is 35.0 Å². The van der Waals surface area contributed by atoms with Gasteiger partial charge in [-0.2, -0.15) is 0 Å². The summed E-state index contributed by atoms with van der Waals surface area (Å²) in [7, 11) is 0. The van der Waals surface area contributed by atoms with Crippen molar-refractivity contribution in [1.29, 1.82) is 0 Å². The highest BCUT2D eigenvalue weighted by Crippen LogP contribution is 2.49. The molecule has 3 rings (SSSR count). The Morgan fingerprint density at radius 2 is 2.00 bits per heavy atom. The highest BCUT2D eigenvalue weighted by atomic mass is 16.4. The maximum atomic E-state index is 12.8. The molecular weight excluding hydrogens is 290 g/mol. The van der Waals surface area contributed by atoms with E-state index >= 15 is 0 Å². The first-order valence-corrected chi connectivity index (χ1v) is 8.42. The second-order valence-electron chi connectivity index (χ2n) is 7.75. The number of carbonyl (C=O) groups excluding carboxylic acids is 1. The van der Waals surface area contributed by atoms with Crippen molar-refractivity contribution in [1.82, 2.24) is 4.90 Å². The first-order valence-electron chi connectivity index (χ1n) is 8.42. The van der Waals surface area contributed by atoms with Crippen molar-refractivity contribution >= 4 is 11.9 Å². The average Bonchev–Trinajstić information content (AvgIpc) is 3.05. The molecule has 0 bridgehead atoms. The van der Waals surface area contributed by atoms with E-state index in [0.717, 1.165) is 18.4 Å². The van der Waals surface area contributed by atoms with Gasteiger partial charge in [-0.1, -0.05) is 50.6 Å². The minimum absolute atomic E-state index is 0.0777. The summed E-state index contributed by atoms with van der Waals surface area (Å²) in [6, 6.07) is 10.0. The van der Waals surface area contributed by atoms with Gasteiger partial charge >= 0.3 is 5.97 Å². The van der Waals surface area contributed by atoms with Crippen LogP contribution in [0.1, 0.15) is 45.1 Å². The lowest BCUT2D eigenvalue weighted by molar-refractivity contribution is -0.149. The van der Waals surface area contributed by atoms with E-state index in [1.54, 1.807) is 4.90 Å². The molecule has 1 saturated heterocycles. The maximum absolute atomic E-state index is 12.8. The summed E-state index contributed by atoms with van der Waals surface area (Å²) in [6.07, 6.45) is 3.02. The van der Waals surface area contributed by atoms with Gasteiger partial charge in [-0.3, -0.25) is 9.59 Å². The first-order chi connectivity index (χ1) is 10.8. The topological polar surface area (TPSA) is 57.6 Å². The van der Waals surface area contributed by atoms with E-state index in [1.165, 1.54) is 0 Å².